The maximum atomic E-state index is 13.3. The number of aromatic amines is 1. The van der Waals surface area contributed by atoms with E-state index in [1.54, 1.807) is 11.4 Å². The van der Waals surface area contributed by atoms with E-state index in [0.29, 0.717) is 17.5 Å². The average Bonchev–Trinajstić information content (AvgIpc) is 3.68. The minimum Gasteiger partial charge on any atom is -0.383 e. The number of H-pyrrole nitrogens is 1. The van der Waals surface area contributed by atoms with Crippen molar-refractivity contribution in [2.75, 3.05) is 5.73 Å². The number of anilines is 1. The van der Waals surface area contributed by atoms with Gasteiger partial charge in [0.25, 0.3) is 5.91 Å². The molecule has 0 unspecified atom stereocenters. The molecule has 5 aromatic rings. The van der Waals surface area contributed by atoms with Crippen LogP contribution in [-0.4, -0.2) is 57.7 Å². The largest absolute Gasteiger partial charge is 0.383 e. The molecule has 2 bridgehead atoms. The van der Waals surface area contributed by atoms with Crippen LogP contribution < -0.4 is 5.73 Å². The van der Waals surface area contributed by atoms with Crippen LogP contribution >= 0.6 is 0 Å². The molecule has 2 fully saturated rings. The number of carbonyl (C=O) groups is 1. The number of nitrogens with zero attached hydrogens (tertiary/aromatic N) is 7. The number of aromatic nitrogens is 7. The molecule has 2 aliphatic heterocycles. The fourth-order valence-electron chi connectivity index (χ4n) is 6.60. The number of fused-ring (bicyclic) bond motifs is 3. The van der Waals surface area contributed by atoms with Crippen molar-refractivity contribution in [1.82, 2.24) is 39.7 Å². The highest BCUT2D eigenvalue weighted by atomic mass is 16.2. The standard InChI is InChI=1S/C30H31N9O/c1-3-23-26(20-13-21-10-11-22(14-20)38(21)30(40)28-34-17(2)36-37-28)35-29-24(16-33-39(29)27(23)31)19-9-12-25(32-15-19)18-7-5-4-6-8-18/h4-9,12,15-16,20-22H,3,10-11,13-14,31H2,1-2H3,(H,34,36,37)/t20-,21+,22-. The summed E-state index contributed by atoms with van der Waals surface area (Å²) in [6.45, 7) is 3.89. The van der Waals surface area contributed by atoms with Gasteiger partial charge in [0.1, 0.15) is 11.6 Å². The van der Waals surface area contributed by atoms with E-state index >= 15 is 0 Å². The zero-order valence-electron chi connectivity index (χ0n) is 22.6. The van der Waals surface area contributed by atoms with Gasteiger partial charge in [0.05, 0.1) is 17.6 Å². The van der Waals surface area contributed by atoms with Crippen LogP contribution in [0.1, 0.15) is 66.2 Å². The van der Waals surface area contributed by atoms with E-state index in [1.807, 2.05) is 41.6 Å². The third-order valence-corrected chi connectivity index (χ3v) is 8.47. The molecule has 3 atom stereocenters. The predicted molar refractivity (Wildman–Crippen MR) is 152 cm³/mol. The number of nitrogen functional groups attached to an aromatic ring is 1. The van der Waals surface area contributed by atoms with Crippen molar-refractivity contribution in [1.29, 1.82) is 0 Å². The first-order chi connectivity index (χ1) is 19.5. The van der Waals surface area contributed by atoms with Crippen molar-refractivity contribution in [3.8, 4) is 22.4 Å². The van der Waals surface area contributed by atoms with E-state index in [0.717, 1.165) is 71.4 Å². The normalized spacial score (nSPS) is 20.4. The molecule has 10 heteroatoms. The van der Waals surface area contributed by atoms with Crippen molar-refractivity contribution in [3.05, 3.63) is 77.8 Å². The van der Waals surface area contributed by atoms with Crippen molar-refractivity contribution in [2.24, 2.45) is 0 Å². The quantitative estimate of drug-likeness (QED) is 0.338. The smallest absolute Gasteiger partial charge is 0.291 e. The van der Waals surface area contributed by atoms with Gasteiger partial charge in [-0.05, 0) is 45.1 Å². The van der Waals surface area contributed by atoms with Gasteiger partial charge >= 0.3 is 0 Å². The molecule has 4 aromatic heterocycles. The lowest BCUT2D eigenvalue weighted by Gasteiger charge is -2.38. The fourth-order valence-corrected chi connectivity index (χ4v) is 6.60. The number of aryl methyl sites for hydroxylation is 1. The van der Waals surface area contributed by atoms with Gasteiger partial charge in [0, 0.05) is 46.5 Å². The molecule has 0 aliphatic carbocycles. The molecule has 0 saturated carbocycles. The Morgan fingerprint density at radius 2 is 1.80 bits per heavy atom. The van der Waals surface area contributed by atoms with Crippen LogP contribution in [0.5, 0.6) is 0 Å². The second-order valence-electron chi connectivity index (χ2n) is 10.8. The molecule has 7 rings (SSSR count). The molecular weight excluding hydrogens is 502 g/mol. The number of benzene rings is 1. The van der Waals surface area contributed by atoms with E-state index in [2.05, 4.69) is 45.4 Å². The highest BCUT2D eigenvalue weighted by molar-refractivity contribution is 5.91. The van der Waals surface area contributed by atoms with Gasteiger partial charge in [0.2, 0.25) is 5.82 Å². The van der Waals surface area contributed by atoms with Gasteiger partial charge < -0.3 is 10.6 Å². The maximum Gasteiger partial charge on any atom is 0.291 e. The number of amides is 1. The van der Waals surface area contributed by atoms with Crippen molar-refractivity contribution in [2.45, 2.75) is 64.0 Å². The Labute approximate surface area is 231 Å². The Kier molecular flexibility index (Phi) is 5.83. The zero-order chi connectivity index (χ0) is 27.4. The molecule has 2 saturated heterocycles. The Hall–Kier alpha value is -4.60. The summed E-state index contributed by atoms with van der Waals surface area (Å²) in [6, 6.07) is 14.5. The van der Waals surface area contributed by atoms with Gasteiger partial charge in [-0.15, -0.1) is 0 Å². The second kappa shape index (κ2) is 9.55. The van der Waals surface area contributed by atoms with E-state index < -0.39 is 0 Å². The second-order valence-corrected chi connectivity index (χ2v) is 10.8. The number of nitrogens with one attached hydrogen (secondary N) is 1. The number of piperidine rings is 1. The first kappa shape index (κ1) is 24.4. The molecule has 0 spiro atoms. The summed E-state index contributed by atoms with van der Waals surface area (Å²) < 4.78 is 1.75. The number of pyridine rings is 1. The highest BCUT2D eigenvalue weighted by Gasteiger charge is 2.45. The number of carbonyl (C=O) groups excluding carboxylic acids is 1. The number of rotatable bonds is 5. The Morgan fingerprint density at radius 3 is 2.45 bits per heavy atom. The van der Waals surface area contributed by atoms with Gasteiger partial charge in [-0.1, -0.05) is 43.3 Å². The van der Waals surface area contributed by atoms with Crippen LogP contribution in [0, 0.1) is 6.92 Å². The SMILES string of the molecule is CCc1c([C@H]2C[C@H]3CC[C@@H](C2)N3C(=O)c2nc(C)n[nH]2)nc2c(-c3ccc(-c4ccccc4)nc3)cnn2c1N. The van der Waals surface area contributed by atoms with Crippen molar-refractivity contribution >= 4 is 17.4 Å². The minimum atomic E-state index is -0.0604. The first-order valence-electron chi connectivity index (χ1n) is 13.9. The zero-order valence-corrected chi connectivity index (χ0v) is 22.6. The lowest BCUT2D eigenvalue weighted by Crippen LogP contribution is -2.46. The summed E-state index contributed by atoms with van der Waals surface area (Å²) in [5, 5.41) is 11.5. The highest BCUT2D eigenvalue weighted by Crippen LogP contribution is 2.45. The fraction of sp³-hybridized carbons (Fsp3) is 0.333. The van der Waals surface area contributed by atoms with Crippen LogP contribution in [0.4, 0.5) is 5.82 Å². The van der Waals surface area contributed by atoms with Gasteiger partial charge in [0.15, 0.2) is 5.65 Å². The summed E-state index contributed by atoms with van der Waals surface area (Å²) in [6.07, 6.45) is 8.13. The third-order valence-electron chi connectivity index (χ3n) is 8.47. The van der Waals surface area contributed by atoms with Crippen LogP contribution in [0.3, 0.4) is 0 Å². The molecule has 10 nitrogen and oxygen atoms in total. The summed E-state index contributed by atoms with van der Waals surface area (Å²) in [5.41, 5.74) is 13.4. The number of nitrogens with two attached hydrogens (primary N) is 1. The average molecular weight is 534 g/mol. The van der Waals surface area contributed by atoms with Crippen LogP contribution in [0.2, 0.25) is 0 Å². The molecule has 1 aromatic carbocycles. The van der Waals surface area contributed by atoms with E-state index in [9.17, 15) is 4.79 Å². The Morgan fingerprint density at radius 1 is 1.02 bits per heavy atom. The Balaban J connectivity index is 1.23. The van der Waals surface area contributed by atoms with Gasteiger partial charge in [-0.3, -0.25) is 14.9 Å². The Bertz CT molecular complexity index is 1690. The number of hydrogen-bond acceptors (Lipinski definition) is 7. The summed E-state index contributed by atoms with van der Waals surface area (Å²) in [4.78, 5) is 29.5. The molecule has 202 valence electrons. The minimum absolute atomic E-state index is 0.0604. The van der Waals surface area contributed by atoms with E-state index in [-0.39, 0.29) is 23.9 Å². The van der Waals surface area contributed by atoms with Crippen LogP contribution in [0.25, 0.3) is 28.0 Å². The molecule has 3 N–H and O–H groups in total. The monoisotopic (exact) mass is 533 g/mol. The lowest BCUT2D eigenvalue weighted by molar-refractivity contribution is 0.0557. The summed E-state index contributed by atoms with van der Waals surface area (Å²) in [5.74, 6) is 1.68. The molecule has 40 heavy (non-hydrogen) atoms. The molecule has 2 aliphatic rings. The lowest BCUT2D eigenvalue weighted by atomic mass is 9.85. The maximum absolute atomic E-state index is 13.3. The van der Waals surface area contributed by atoms with E-state index in [1.165, 1.54) is 0 Å². The van der Waals surface area contributed by atoms with Gasteiger partial charge in [-0.2, -0.15) is 14.7 Å². The van der Waals surface area contributed by atoms with Crippen LogP contribution in [0.15, 0.2) is 54.9 Å². The molecule has 6 heterocycles. The molecule has 0 radical (unpaired) electrons. The predicted octanol–water partition coefficient (Wildman–Crippen LogP) is 4.58. The third kappa shape index (κ3) is 3.93. The van der Waals surface area contributed by atoms with Crippen molar-refractivity contribution in [3.63, 3.8) is 0 Å². The van der Waals surface area contributed by atoms with Crippen LogP contribution in [-0.2, 0) is 6.42 Å². The first-order valence-corrected chi connectivity index (χ1v) is 13.9. The molecule has 1 amide bonds. The number of hydrogen-bond donors (Lipinski definition) is 2. The van der Waals surface area contributed by atoms with Gasteiger partial charge in [-0.25, -0.2) is 9.97 Å². The van der Waals surface area contributed by atoms with E-state index in [4.69, 9.17) is 15.7 Å². The topological polar surface area (TPSA) is 131 Å². The molecular formula is C30H31N9O. The van der Waals surface area contributed by atoms with Crippen molar-refractivity contribution < 1.29 is 4.79 Å². The summed E-state index contributed by atoms with van der Waals surface area (Å²) >= 11 is 0. The summed E-state index contributed by atoms with van der Waals surface area (Å²) in [7, 11) is 0.